The molecule has 0 atom stereocenters. The first-order valence-corrected chi connectivity index (χ1v) is 9.26. The zero-order valence-corrected chi connectivity index (χ0v) is 16.4. The van der Waals surface area contributed by atoms with Crippen LogP contribution in [0.25, 0.3) is 10.9 Å². The lowest BCUT2D eigenvalue weighted by molar-refractivity contribution is 0.112. The number of hydrogen-bond acceptors (Lipinski definition) is 3. The molecule has 0 amide bonds. The van der Waals surface area contributed by atoms with Gasteiger partial charge in [0.2, 0.25) is 0 Å². The number of aliphatic hydroxyl groups is 1. The highest BCUT2D eigenvalue weighted by Crippen LogP contribution is 2.26. The van der Waals surface area contributed by atoms with Gasteiger partial charge in [0.25, 0.3) is 0 Å². The van der Waals surface area contributed by atoms with Gasteiger partial charge in [0, 0.05) is 21.7 Å². The minimum Gasteiger partial charge on any atom is -0.395 e. The van der Waals surface area contributed by atoms with Crippen LogP contribution in [0.2, 0.25) is 5.02 Å². The fourth-order valence-electron chi connectivity index (χ4n) is 2.94. The van der Waals surface area contributed by atoms with E-state index in [4.69, 9.17) is 11.6 Å². The number of nitrogens with zero attached hydrogens (tertiary/aromatic N) is 1. The van der Waals surface area contributed by atoms with Crippen LogP contribution in [0.3, 0.4) is 0 Å². The number of hydrogen-bond donors (Lipinski definition) is 1. The predicted molar refractivity (Wildman–Crippen MR) is 108 cm³/mol. The molecule has 0 saturated carbocycles. The monoisotopic (exact) mass is 485 g/mol. The summed E-state index contributed by atoms with van der Waals surface area (Å²) in [6, 6.07) is 8.51. The van der Waals surface area contributed by atoms with E-state index < -0.39 is 11.2 Å². The van der Waals surface area contributed by atoms with Crippen molar-refractivity contribution in [3.8, 4) is 0 Å². The van der Waals surface area contributed by atoms with Crippen LogP contribution in [0, 0.1) is 9.39 Å². The van der Waals surface area contributed by atoms with E-state index in [1.165, 1.54) is 16.8 Å². The van der Waals surface area contributed by atoms with Crippen molar-refractivity contribution >= 4 is 51.4 Å². The van der Waals surface area contributed by atoms with Gasteiger partial charge < -0.3 is 9.67 Å². The van der Waals surface area contributed by atoms with Gasteiger partial charge in [0.1, 0.15) is 5.82 Å². The average molecular weight is 486 g/mol. The second-order valence-electron chi connectivity index (χ2n) is 5.81. The Labute approximate surface area is 167 Å². The van der Waals surface area contributed by atoms with Crippen molar-refractivity contribution in [3.63, 3.8) is 0 Å². The molecule has 0 aliphatic rings. The van der Waals surface area contributed by atoms with Crippen LogP contribution in [0.4, 0.5) is 4.39 Å². The smallest absolute Gasteiger partial charge is 0.200 e. The molecular weight excluding hydrogens is 472 g/mol. The number of halogens is 3. The van der Waals surface area contributed by atoms with Crippen LogP contribution in [0.15, 0.2) is 41.3 Å². The summed E-state index contributed by atoms with van der Waals surface area (Å²) in [6.07, 6.45) is 2.07. The molecule has 3 rings (SSSR count). The maximum absolute atomic E-state index is 14.8. The Balaban J connectivity index is 2.21. The molecule has 0 aliphatic heterocycles. The predicted octanol–water partition coefficient (Wildman–Crippen LogP) is 3.79. The van der Waals surface area contributed by atoms with Crippen LogP contribution >= 0.6 is 34.2 Å². The van der Waals surface area contributed by atoms with Gasteiger partial charge in [0.15, 0.2) is 11.7 Å². The maximum atomic E-state index is 14.8. The number of aliphatic hydroxyl groups excluding tert-OH is 1. The molecule has 26 heavy (non-hydrogen) atoms. The normalized spacial score (nSPS) is 11.1. The van der Waals surface area contributed by atoms with E-state index in [0.29, 0.717) is 23.3 Å². The number of pyridine rings is 1. The Bertz CT molecular complexity index is 1060. The number of carbonyl (C=O) groups is 1. The van der Waals surface area contributed by atoms with Crippen molar-refractivity contribution in [1.29, 1.82) is 0 Å². The van der Waals surface area contributed by atoms with Crippen LogP contribution < -0.4 is 5.43 Å². The second kappa shape index (κ2) is 7.85. The number of rotatable bonds is 5. The SMILES string of the molecule is O=Cc1cn(CCO)c2c(F)cc(Cc3cccc(I)c3Cl)cc2c1=O. The quantitative estimate of drug-likeness (QED) is 0.442. The topological polar surface area (TPSA) is 59.3 Å². The third-order valence-electron chi connectivity index (χ3n) is 4.11. The molecule has 0 aliphatic carbocycles. The molecule has 4 nitrogen and oxygen atoms in total. The first-order valence-electron chi connectivity index (χ1n) is 7.80. The van der Waals surface area contributed by atoms with E-state index in [1.807, 2.05) is 18.2 Å². The van der Waals surface area contributed by atoms with E-state index in [9.17, 15) is 19.1 Å². The molecule has 7 heteroatoms. The molecule has 0 spiro atoms. The van der Waals surface area contributed by atoms with Gasteiger partial charge in [-0.1, -0.05) is 23.7 Å². The van der Waals surface area contributed by atoms with E-state index in [2.05, 4.69) is 22.6 Å². The summed E-state index contributed by atoms with van der Waals surface area (Å²) in [5, 5.41) is 9.89. The van der Waals surface area contributed by atoms with E-state index in [1.54, 1.807) is 6.07 Å². The van der Waals surface area contributed by atoms with Crippen molar-refractivity contribution < 1.29 is 14.3 Å². The molecule has 0 bridgehead atoms. The van der Waals surface area contributed by atoms with E-state index >= 15 is 0 Å². The summed E-state index contributed by atoms with van der Waals surface area (Å²) in [5.74, 6) is -0.581. The number of aromatic nitrogens is 1. The molecule has 0 saturated heterocycles. The molecule has 1 heterocycles. The Hall–Kier alpha value is -1.77. The third kappa shape index (κ3) is 3.54. The van der Waals surface area contributed by atoms with Crippen molar-refractivity contribution in [2.45, 2.75) is 13.0 Å². The van der Waals surface area contributed by atoms with Crippen molar-refractivity contribution in [3.05, 3.63) is 77.9 Å². The number of fused-ring (bicyclic) bond motifs is 1. The summed E-state index contributed by atoms with van der Waals surface area (Å²) >= 11 is 8.43. The zero-order valence-electron chi connectivity index (χ0n) is 13.5. The number of carbonyl (C=O) groups excluding carboxylic acids is 1. The standard InChI is InChI=1S/C19H14ClFINO3/c20-17-12(2-1-3-16(17)22)6-11-7-14-18(15(21)8-11)23(4-5-24)9-13(10-25)19(14)26/h1-3,7-10,24H,4-6H2. The van der Waals surface area contributed by atoms with Gasteiger partial charge in [-0.25, -0.2) is 4.39 Å². The number of benzene rings is 2. The maximum Gasteiger partial charge on any atom is 0.200 e. The van der Waals surface area contributed by atoms with Crippen molar-refractivity contribution in [2.24, 2.45) is 0 Å². The van der Waals surface area contributed by atoms with E-state index in [0.717, 1.165) is 9.13 Å². The van der Waals surface area contributed by atoms with Crippen LogP contribution in [0.1, 0.15) is 21.5 Å². The van der Waals surface area contributed by atoms with Gasteiger partial charge in [-0.15, -0.1) is 0 Å². The lowest BCUT2D eigenvalue weighted by atomic mass is 10.0. The summed E-state index contributed by atoms with van der Waals surface area (Å²) in [4.78, 5) is 23.7. The Morgan fingerprint density at radius 2 is 2.08 bits per heavy atom. The van der Waals surface area contributed by atoms with Crippen molar-refractivity contribution in [1.82, 2.24) is 4.57 Å². The fourth-order valence-corrected chi connectivity index (χ4v) is 3.69. The first-order chi connectivity index (χ1) is 12.5. The Morgan fingerprint density at radius 3 is 2.77 bits per heavy atom. The zero-order chi connectivity index (χ0) is 18.8. The summed E-state index contributed by atoms with van der Waals surface area (Å²) in [7, 11) is 0. The summed E-state index contributed by atoms with van der Waals surface area (Å²) in [5.41, 5.74) is 0.870. The summed E-state index contributed by atoms with van der Waals surface area (Å²) in [6.45, 7) is -0.161. The first kappa shape index (κ1) is 19.0. The van der Waals surface area contributed by atoms with Crippen LogP contribution in [-0.2, 0) is 13.0 Å². The largest absolute Gasteiger partial charge is 0.395 e. The molecule has 134 valence electrons. The highest BCUT2D eigenvalue weighted by Gasteiger charge is 2.15. The van der Waals surface area contributed by atoms with Crippen molar-refractivity contribution in [2.75, 3.05) is 6.61 Å². The molecule has 0 fully saturated rings. The molecule has 0 radical (unpaired) electrons. The minimum absolute atomic E-state index is 0.0743. The van der Waals surface area contributed by atoms with Gasteiger partial charge in [-0.3, -0.25) is 9.59 Å². The van der Waals surface area contributed by atoms with Gasteiger partial charge in [-0.05, 0) is 58.3 Å². The molecule has 1 aromatic heterocycles. The highest BCUT2D eigenvalue weighted by molar-refractivity contribution is 14.1. The average Bonchev–Trinajstić information content (AvgIpc) is 2.61. The molecule has 0 unspecified atom stereocenters. The second-order valence-corrected chi connectivity index (χ2v) is 7.35. The number of aldehydes is 1. The van der Waals surface area contributed by atoms with Gasteiger partial charge >= 0.3 is 0 Å². The lowest BCUT2D eigenvalue weighted by Gasteiger charge is -2.13. The Morgan fingerprint density at radius 1 is 1.31 bits per heavy atom. The highest BCUT2D eigenvalue weighted by atomic mass is 127. The third-order valence-corrected chi connectivity index (χ3v) is 5.77. The molecule has 1 N–H and O–H groups in total. The molecular formula is C19H14ClFINO3. The fraction of sp³-hybridized carbons (Fsp3) is 0.158. The van der Waals surface area contributed by atoms with Gasteiger partial charge in [0.05, 0.1) is 22.7 Å². The van der Waals surface area contributed by atoms with Crippen LogP contribution in [0.5, 0.6) is 0 Å². The Kier molecular flexibility index (Phi) is 5.74. The van der Waals surface area contributed by atoms with E-state index in [-0.39, 0.29) is 29.6 Å². The molecule has 3 aromatic rings. The molecule has 2 aromatic carbocycles. The van der Waals surface area contributed by atoms with Crippen LogP contribution in [-0.4, -0.2) is 22.6 Å². The van der Waals surface area contributed by atoms with Gasteiger partial charge in [-0.2, -0.15) is 0 Å². The lowest BCUT2D eigenvalue weighted by Crippen LogP contribution is -2.17. The minimum atomic E-state index is -0.581. The summed E-state index contributed by atoms with van der Waals surface area (Å²) < 4.78 is 17.0.